The zero-order chi connectivity index (χ0) is 57.4. The minimum absolute atomic E-state index is 0.0757. The van der Waals surface area contributed by atoms with Gasteiger partial charge in [-0.25, -0.2) is 4.85 Å². The van der Waals surface area contributed by atoms with Crippen molar-refractivity contribution in [3.63, 3.8) is 0 Å². The van der Waals surface area contributed by atoms with E-state index < -0.39 is 18.1 Å². The number of para-hydroxylation sites is 2. The second-order valence-corrected chi connectivity index (χ2v) is 22.2. The average molecular weight is 1060 g/mol. The normalized spacial score (nSPS) is 12.6. The second-order valence-electron chi connectivity index (χ2n) is 20.1. The van der Waals surface area contributed by atoms with Gasteiger partial charge in [0.1, 0.15) is 6.07 Å². The molecule has 6 heteroatoms. The number of nitrogens with zero attached hydrogens (tertiary/aromatic N) is 4. The lowest BCUT2D eigenvalue weighted by molar-refractivity contribution is 1.14. The number of benzene rings is 12. The van der Waals surface area contributed by atoms with Crippen LogP contribution in [0.1, 0.15) is 12.4 Å². The molecule has 0 bridgehead atoms. The Bertz CT molecular complexity index is 5490. The lowest BCUT2D eigenvalue weighted by Gasteiger charge is -2.26. The molecule has 16 rings (SSSR count). The van der Waals surface area contributed by atoms with E-state index in [9.17, 15) is 14.6 Å². The van der Waals surface area contributed by atoms with E-state index in [-0.39, 0.29) is 23.2 Å². The molecule has 80 heavy (non-hydrogen) atoms. The lowest BCUT2D eigenvalue weighted by Crippen LogP contribution is -2.09. The van der Waals surface area contributed by atoms with Crippen LogP contribution in [0, 0.1) is 17.9 Å². The largest absolute Gasteiger partial charge is 0.318 e. The number of hydrogen-bond donors (Lipinski definition) is 0. The van der Waals surface area contributed by atoms with Gasteiger partial charge < -0.3 is 9.13 Å². The molecular weight excluding hydrogens is 1010 g/mol. The topological polar surface area (TPSA) is 38.0 Å². The third kappa shape index (κ3) is 6.77. The lowest BCUT2D eigenvalue weighted by atomic mass is 9.86. The van der Waals surface area contributed by atoms with Crippen LogP contribution in [-0.2, 0) is 0 Å². The molecule has 370 valence electrons. The predicted molar refractivity (Wildman–Crippen MR) is 339 cm³/mol. The standard InChI is InChI=1S/C74H42N4S2/c1-76-68-65(48-28-12-5-13-29-48)60(44-75)69(66(71(68)77-61-34-18-14-30-52(61)53-31-15-19-35-62(53)77)51-41-49(45-22-6-2-7-23-45)40-50(42-51)46-24-8-3-9-25-46)78-70-57(39-38-56-54-32-16-20-36-63(54)79-73(56)70)67-58(47-26-10-4-11-27-47)43-59-55-33-17-21-37-64(55)80-74(59)72(67)78/h2-43H/i4D,10D,11D,26D,27D. The number of hydrogen-bond acceptors (Lipinski definition) is 3. The maximum absolute atomic E-state index is 12.7. The Morgan fingerprint density at radius 3 is 1.50 bits per heavy atom. The maximum atomic E-state index is 12.7. The van der Waals surface area contributed by atoms with Gasteiger partial charge in [-0.05, 0) is 93.0 Å². The van der Waals surface area contributed by atoms with Crippen molar-refractivity contribution in [3.05, 3.63) is 272 Å². The van der Waals surface area contributed by atoms with Gasteiger partial charge in [0.25, 0.3) is 0 Å². The zero-order valence-electron chi connectivity index (χ0n) is 47.5. The molecule has 12 aromatic carbocycles. The number of aromatic nitrogens is 2. The molecule has 0 saturated carbocycles. The van der Waals surface area contributed by atoms with Gasteiger partial charge in [-0.15, -0.1) is 22.7 Å². The van der Waals surface area contributed by atoms with Gasteiger partial charge in [-0.2, -0.15) is 5.26 Å². The van der Waals surface area contributed by atoms with Gasteiger partial charge in [-0.3, -0.25) is 0 Å². The zero-order valence-corrected chi connectivity index (χ0v) is 44.1. The molecule has 0 saturated heterocycles. The van der Waals surface area contributed by atoms with E-state index in [1.165, 1.54) is 0 Å². The fourth-order valence-electron chi connectivity index (χ4n) is 12.5. The highest BCUT2D eigenvalue weighted by Gasteiger charge is 2.34. The highest BCUT2D eigenvalue weighted by atomic mass is 32.1. The monoisotopic (exact) mass is 1060 g/mol. The van der Waals surface area contributed by atoms with Gasteiger partial charge in [0.2, 0.25) is 5.69 Å². The van der Waals surface area contributed by atoms with Crippen molar-refractivity contribution in [2.75, 3.05) is 0 Å². The molecule has 0 radical (unpaired) electrons. The van der Waals surface area contributed by atoms with Crippen molar-refractivity contribution in [1.29, 1.82) is 5.26 Å². The summed E-state index contributed by atoms with van der Waals surface area (Å²) in [6.07, 6.45) is 0. The Balaban J connectivity index is 1.25. The third-order valence-electron chi connectivity index (χ3n) is 15.8. The molecule has 4 nitrogen and oxygen atoms in total. The Hall–Kier alpha value is -10.3. The summed E-state index contributed by atoms with van der Waals surface area (Å²) in [5, 5.41) is 19.9. The van der Waals surface area contributed by atoms with Crippen molar-refractivity contribution in [2.24, 2.45) is 0 Å². The molecule has 0 aliphatic heterocycles. The van der Waals surface area contributed by atoms with Crippen LogP contribution < -0.4 is 0 Å². The second kappa shape index (κ2) is 18.1. The Morgan fingerprint density at radius 2 is 0.912 bits per heavy atom. The fourth-order valence-corrected chi connectivity index (χ4v) is 15.0. The van der Waals surface area contributed by atoms with Crippen molar-refractivity contribution < 1.29 is 6.85 Å². The fraction of sp³-hybridized carbons (Fsp3) is 0. The summed E-state index contributed by atoms with van der Waals surface area (Å²) in [4.78, 5) is 4.65. The molecule has 4 aromatic heterocycles. The first kappa shape index (κ1) is 40.9. The first-order chi connectivity index (χ1) is 41.7. The number of nitriles is 1. The molecule has 0 atom stereocenters. The van der Waals surface area contributed by atoms with Crippen molar-refractivity contribution in [3.8, 4) is 73.1 Å². The van der Waals surface area contributed by atoms with E-state index in [4.69, 9.17) is 4.11 Å². The Morgan fingerprint density at radius 1 is 0.412 bits per heavy atom. The molecule has 0 aliphatic rings. The molecule has 0 spiro atoms. The Labute approximate surface area is 475 Å². The first-order valence-electron chi connectivity index (χ1n) is 28.8. The van der Waals surface area contributed by atoms with Crippen LogP contribution in [0.4, 0.5) is 5.69 Å². The van der Waals surface area contributed by atoms with Crippen molar-refractivity contribution in [1.82, 2.24) is 9.13 Å². The maximum Gasteiger partial charge on any atom is 0.220 e. The number of fused-ring (bicyclic) bond motifs is 14. The SMILES string of the molecule is [2H]c1c([2H])c([2H])c(-c2cc3c4ccccc4sc3c3c2c2ccc4c5ccccc5sc4c2n3-c2c(C#N)c(-c3ccccc3)c([N+]#[C-])c(-n3c4ccccc4c4ccccc43)c2-c2cc(-c3ccccc3)cc(-c3ccccc3)c2)c([2H])c1[2H]. The summed E-state index contributed by atoms with van der Waals surface area (Å²) in [6, 6.07) is 77.3. The molecule has 0 amide bonds. The summed E-state index contributed by atoms with van der Waals surface area (Å²) in [7, 11) is 0. The molecule has 0 aliphatic carbocycles. The van der Waals surface area contributed by atoms with Gasteiger partial charge in [0.15, 0.2) is 0 Å². The molecule has 0 N–H and O–H groups in total. The van der Waals surface area contributed by atoms with Crippen LogP contribution in [0.25, 0.3) is 156 Å². The summed E-state index contributed by atoms with van der Waals surface area (Å²) >= 11 is 3.28. The van der Waals surface area contributed by atoms with Crippen LogP contribution in [0.3, 0.4) is 0 Å². The van der Waals surface area contributed by atoms with Crippen LogP contribution in [0.5, 0.6) is 0 Å². The molecular formula is C74H42N4S2. The predicted octanol–water partition coefficient (Wildman–Crippen LogP) is 21.4. The van der Waals surface area contributed by atoms with E-state index in [0.29, 0.717) is 50.2 Å². The van der Waals surface area contributed by atoms with Crippen LogP contribution >= 0.6 is 22.7 Å². The summed E-state index contributed by atoms with van der Waals surface area (Å²) in [5.41, 5.74) is 11.8. The van der Waals surface area contributed by atoms with E-state index in [1.807, 2.05) is 115 Å². The highest BCUT2D eigenvalue weighted by molar-refractivity contribution is 7.27. The van der Waals surface area contributed by atoms with Gasteiger partial charge in [-0.1, -0.05) is 206 Å². The smallest absolute Gasteiger partial charge is 0.220 e. The molecule has 4 heterocycles. The summed E-state index contributed by atoms with van der Waals surface area (Å²) in [5.74, 6) is 0. The van der Waals surface area contributed by atoms with Crippen LogP contribution in [0.2, 0.25) is 0 Å². The van der Waals surface area contributed by atoms with E-state index >= 15 is 0 Å². The highest BCUT2D eigenvalue weighted by Crippen LogP contribution is 2.56. The first-order valence-corrected chi connectivity index (χ1v) is 28.0. The number of rotatable bonds is 7. The van der Waals surface area contributed by atoms with Gasteiger partial charge in [0, 0.05) is 63.6 Å². The van der Waals surface area contributed by atoms with Gasteiger partial charge >= 0.3 is 0 Å². The van der Waals surface area contributed by atoms with Crippen LogP contribution in [-0.4, -0.2) is 9.13 Å². The summed E-state index contributed by atoms with van der Waals surface area (Å²) < 4.78 is 54.9. The minimum atomic E-state index is -0.478. The molecule has 0 unspecified atom stereocenters. The van der Waals surface area contributed by atoms with E-state index in [1.54, 1.807) is 22.7 Å². The quantitative estimate of drug-likeness (QED) is 0.147. The van der Waals surface area contributed by atoms with E-state index in [0.717, 1.165) is 101 Å². The summed E-state index contributed by atoms with van der Waals surface area (Å²) in [6.45, 7) is 9.66. The number of thiophene rings is 2. The molecule has 0 fully saturated rings. The van der Waals surface area contributed by atoms with Crippen molar-refractivity contribution >= 4 is 112 Å². The van der Waals surface area contributed by atoms with Crippen molar-refractivity contribution in [2.45, 2.75) is 0 Å². The third-order valence-corrected chi connectivity index (χ3v) is 18.2. The average Bonchev–Trinajstić information content (AvgIpc) is 1.59. The Kier molecular flexibility index (Phi) is 9.26. The van der Waals surface area contributed by atoms with Gasteiger partial charge in [0.05, 0.1) is 61.8 Å². The van der Waals surface area contributed by atoms with E-state index in [2.05, 4.69) is 129 Å². The minimum Gasteiger partial charge on any atom is -0.318 e. The molecule has 16 aromatic rings. The van der Waals surface area contributed by atoms with Crippen LogP contribution in [0.15, 0.2) is 255 Å².